The van der Waals surface area contributed by atoms with E-state index in [9.17, 15) is 14.7 Å². The molecule has 4 aliphatic rings. The number of nitrogens with zero attached hydrogens (tertiary/aromatic N) is 2. The molecule has 260 valence electrons. The second-order valence-electron chi connectivity index (χ2n) is 11.1. The summed E-state index contributed by atoms with van der Waals surface area (Å²) in [4.78, 5) is 26.5. The Balaban J connectivity index is 1.47. The number of aromatic carboxylic acids is 1. The Morgan fingerprint density at radius 1 is 0.878 bits per heavy atom. The van der Waals surface area contributed by atoms with Crippen molar-refractivity contribution in [3.8, 4) is 22.5 Å². The van der Waals surface area contributed by atoms with E-state index in [2.05, 4.69) is 5.32 Å². The maximum absolute atomic E-state index is 13.5. The predicted molar refractivity (Wildman–Crippen MR) is 191 cm³/mol. The number of carboxylic acid groups (broad SMARTS) is 1. The molecule has 9 nitrogen and oxygen atoms in total. The van der Waals surface area contributed by atoms with E-state index in [0.29, 0.717) is 19.1 Å². The van der Waals surface area contributed by atoms with E-state index in [1.165, 1.54) is 24.3 Å². The van der Waals surface area contributed by atoms with Crippen molar-refractivity contribution in [2.75, 3.05) is 69.7 Å². The predicted octanol–water partition coefficient (Wildman–Crippen LogP) is 5.30. The molecule has 49 heavy (non-hydrogen) atoms. The third-order valence-electron chi connectivity index (χ3n) is 7.85. The molecular weight excluding hydrogens is 642 g/mol. The van der Waals surface area contributed by atoms with Gasteiger partial charge in [-0.15, -0.1) is 11.6 Å². The lowest BCUT2D eigenvalue weighted by Crippen LogP contribution is -2.28. The summed E-state index contributed by atoms with van der Waals surface area (Å²) in [5.41, 5.74) is -1.35. The van der Waals surface area contributed by atoms with Crippen molar-refractivity contribution < 1.29 is 50.5 Å². The summed E-state index contributed by atoms with van der Waals surface area (Å²) in [6, 6.07) is 10.4. The number of fused-ring (bicyclic) bond motifs is 2. The quantitative estimate of drug-likeness (QED) is 0.0731. The van der Waals surface area contributed by atoms with E-state index in [1.807, 2.05) is 0 Å². The van der Waals surface area contributed by atoms with Gasteiger partial charge in [-0.25, -0.2) is 4.58 Å². The number of rotatable bonds is 16. The molecule has 3 aliphatic heterocycles. The van der Waals surface area contributed by atoms with Gasteiger partial charge in [0.1, 0.15) is 29.8 Å². The molecule has 0 saturated carbocycles. The van der Waals surface area contributed by atoms with E-state index >= 15 is 0 Å². The zero-order valence-electron chi connectivity index (χ0n) is 42.5. The maximum Gasteiger partial charge on any atom is 0.251 e. The summed E-state index contributed by atoms with van der Waals surface area (Å²) in [6.07, 6.45) is -9.81. The number of ether oxygens (including phenoxy) is 2. The van der Waals surface area contributed by atoms with Gasteiger partial charge in [0.2, 0.25) is 5.36 Å². The molecular formula is C39H46ClN3O6. The van der Waals surface area contributed by atoms with E-state index in [0.717, 1.165) is 56.0 Å². The van der Waals surface area contributed by atoms with Crippen LogP contribution >= 0.6 is 11.6 Å². The molecule has 1 aliphatic carbocycles. The Morgan fingerprint density at radius 3 is 2.43 bits per heavy atom. The van der Waals surface area contributed by atoms with E-state index in [-0.39, 0.29) is 68.2 Å². The fraction of sp³-hybridized carbons (Fsp3) is 0.462. The number of amides is 1. The summed E-state index contributed by atoms with van der Waals surface area (Å²) in [5, 5.41) is 15.0. The number of unbranched alkanes of at least 4 members (excludes halogenated alkanes) is 3. The van der Waals surface area contributed by atoms with Crippen LogP contribution in [-0.4, -0.2) is 76.7 Å². The number of nitrogens with one attached hydrogen (secondary N) is 1. The lowest BCUT2D eigenvalue weighted by atomic mass is 9.89. The van der Waals surface area contributed by atoms with Gasteiger partial charge in [-0.3, -0.25) is 4.79 Å². The lowest BCUT2D eigenvalue weighted by Gasteiger charge is -2.21. The van der Waals surface area contributed by atoms with Crippen LogP contribution in [0.25, 0.3) is 33.4 Å². The molecule has 2 aromatic carbocycles. The first kappa shape index (κ1) is 20.1. The van der Waals surface area contributed by atoms with Crippen LogP contribution in [0.15, 0.2) is 59.0 Å². The van der Waals surface area contributed by atoms with Gasteiger partial charge in [-0.05, 0) is 61.5 Å². The van der Waals surface area contributed by atoms with Gasteiger partial charge in [0, 0.05) is 107 Å². The molecule has 0 spiro atoms. The van der Waals surface area contributed by atoms with Crippen molar-refractivity contribution in [1.29, 1.82) is 0 Å². The fourth-order valence-electron chi connectivity index (χ4n) is 5.47. The molecule has 1 amide bonds. The van der Waals surface area contributed by atoms with Gasteiger partial charge < -0.3 is 34.0 Å². The third kappa shape index (κ3) is 8.63. The molecule has 0 bridgehead atoms. The number of halogens is 1. The van der Waals surface area contributed by atoms with Crippen LogP contribution in [0, 0.1) is 0 Å². The molecule has 1 N–H and O–H groups in total. The molecule has 0 radical (unpaired) electrons. The minimum absolute atomic E-state index is 0.00761. The highest BCUT2D eigenvalue weighted by Crippen LogP contribution is 2.42. The topological polar surface area (TPSA) is 107 Å². The highest BCUT2D eigenvalue weighted by atomic mass is 35.5. The molecule has 2 fully saturated rings. The number of carbonyl (C=O) groups excluding carboxylic acids is 2. The molecule has 2 saturated heterocycles. The van der Waals surface area contributed by atoms with Gasteiger partial charge in [0.05, 0.1) is 31.9 Å². The fourth-order valence-corrected chi connectivity index (χ4v) is 5.66. The molecule has 2 aromatic rings. The molecule has 3 heterocycles. The Bertz CT molecular complexity index is 2460. The third-order valence-corrected chi connectivity index (χ3v) is 8.12. The number of hydrogen-bond donors (Lipinski definition) is 1. The average molecular weight is 704 g/mol. The van der Waals surface area contributed by atoms with Gasteiger partial charge in [-0.2, -0.15) is 0 Å². The van der Waals surface area contributed by atoms with E-state index < -0.39 is 80.0 Å². The number of alkyl halides is 1. The first-order valence-electron chi connectivity index (χ1n) is 23.9. The van der Waals surface area contributed by atoms with Crippen LogP contribution in [0.2, 0.25) is 0 Å². The standard InChI is InChI=1S/C39H46ClN3O6/c40-15-3-1-2-8-21-47-23-24-48-22-16-41-38(44)28-9-12-31(39(45)46)34(25-28)37-32-13-10-29(42-17-4-5-18-42)26-35(32)49-36-27-30(11-14-33(36)37)43-19-6-7-20-43/h9-14,25-27H,1-8,15-24H2,(H-,41,44,45,46)/i4D2,5D2,6D2,7D2,17D2,18D2,19D2,20D2. The number of hydrogen-bond acceptors (Lipinski definition) is 7. The average Bonchev–Trinajstić information content (AvgIpc) is 3.34. The Morgan fingerprint density at radius 2 is 1.65 bits per heavy atom. The minimum atomic E-state index is -3.42. The second kappa shape index (κ2) is 17.1. The number of carboxylic acids is 1. The Kier molecular flexibility index (Phi) is 7.02. The SMILES string of the molecule is [2H]C1([2H])N(c2ccc3c(-c4cc(C(=O)NCCOCCOCCCCCCCl)ccc4C(=O)[O-])c4ccc(=[N+]5C([2H])([2H])C([2H])([2H])C([2H])([2H])C5([2H])[2H])cc-4oc3c2)C([2H])([2H])C([2H])([2H])C1([2H])[2H]. The normalized spacial score (nSPS) is 27.8. The first-order chi connectivity index (χ1) is 30.1. The van der Waals surface area contributed by atoms with Crippen molar-refractivity contribution in [2.45, 2.75) is 51.2 Å². The van der Waals surface area contributed by atoms with Crippen LogP contribution in [0.3, 0.4) is 0 Å². The number of anilines is 1. The van der Waals surface area contributed by atoms with Gasteiger partial charge in [-0.1, -0.05) is 18.9 Å². The van der Waals surface area contributed by atoms with E-state index in [4.69, 9.17) is 47.4 Å². The monoisotopic (exact) mass is 703 g/mol. The van der Waals surface area contributed by atoms with Gasteiger partial charge in [0.25, 0.3) is 5.91 Å². The first-order valence-corrected chi connectivity index (χ1v) is 16.4. The molecule has 6 rings (SSSR count). The zero-order chi connectivity index (χ0) is 48.3. The zero-order valence-corrected chi connectivity index (χ0v) is 27.2. The number of carbonyl (C=O) groups is 2. The summed E-state index contributed by atoms with van der Waals surface area (Å²) in [5.74, 6) is -2.02. The van der Waals surface area contributed by atoms with Crippen LogP contribution in [0.1, 0.15) is 93.8 Å². The van der Waals surface area contributed by atoms with Crippen LogP contribution < -0.4 is 25.3 Å². The minimum Gasteiger partial charge on any atom is -0.545 e. The number of benzene rings is 3. The molecule has 10 heteroatoms. The van der Waals surface area contributed by atoms with Gasteiger partial charge in [0.15, 0.2) is 0 Å². The largest absolute Gasteiger partial charge is 0.545 e. The molecule has 0 unspecified atom stereocenters. The molecule has 0 aromatic heterocycles. The lowest BCUT2D eigenvalue weighted by molar-refractivity contribution is -0.254. The van der Waals surface area contributed by atoms with Crippen molar-refractivity contribution in [1.82, 2.24) is 9.89 Å². The van der Waals surface area contributed by atoms with Crippen LogP contribution in [0.5, 0.6) is 0 Å². The van der Waals surface area contributed by atoms with Crippen LogP contribution in [-0.2, 0) is 9.47 Å². The van der Waals surface area contributed by atoms with E-state index in [1.54, 1.807) is 0 Å². The smallest absolute Gasteiger partial charge is 0.251 e. The van der Waals surface area contributed by atoms with Crippen molar-refractivity contribution in [3.63, 3.8) is 0 Å². The Labute approximate surface area is 315 Å². The summed E-state index contributed by atoms with van der Waals surface area (Å²) < 4.78 is 153. The van der Waals surface area contributed by atoms with Crippen molar-refractivity contribution in [2.24, 2.45) is 0 Å². The summed E-state index contributed by atoms with van der Waals surface area (Å²) in [6.45, 7) is -11.9. The molecule has 0 atom stereocenters. The summed E-state index contributed by atoms with van der Waals surface area (Å²) in [7, 11) is 0. The highest BCUT2D eigenvalue weighted by molar-refractivity contribution is 6.17. The van der Waals surface area contributed by atoms with Gasteiger partial charge >= 0.3 is 0 Å². The van der Waals surface area contributed by atoms with Crippen LogP contribution in [0.4, 0.5) is 5.69 Å². The Hall–Kier alpha value is -3.92. The van der Waals surface area contributed by atoms with Crippen molar-refractivity contribution in [3.05, 3.63) is 71.1 Å². The summed E-state index contributed by atoms with van der Waals surface area (Å²) >= 11 is 5.69. The van der Waals surface area contributed by atoms with Crippen molar-refractivity contribution >= 4 is 40.1 Å². The maximum atomic E-state index is 13.5. The highest BCUT2D eigenvalue weighted by Gasteiger charge is 2.24. The second-order valence-corrected chi connectivity index (χ2v) is 11.5.